The Morgan fingerprint density at radius 1 is 1.13 bits per heavy atom. The molecular formula is C23H25N5O2. The molecule has 5 rings (SSSR count). The Balaban J connectivity index is 1.26. The maximum atomic E-state index is 12.7. The van der Waals surface area contributed by atoms with Gasteiger partial charge in [-0.15, -0.1) is 0 Å². The predicted molar refractivity (Wildman–Crippen MR) is 113 cm³/mol. The summed E-state index contributed by atoms with van der Waals surface area (Å²) in [6, 6.07) is 7.74. The largest absolute Gasteiger partial charge is 0.474 e. The number of ether oxygens (including phenoxy) is 1. The van der Waals surface area contributed by atoms with Crippen molar-refractivity contribution in [2.24, 2.45) is 0 Å². The van der Waals surface area contributed by atoms with Crippen LogP contribution in [0.5, 0.6) is 5.88 Å². The van der Waals surface area contributed by atoms with Gasteiger partial charge in [-0.05, 0) is 43.4 Å². The summed E-state index contributed by atoms with van der Waals surface area (Å²) < 4.78 is 5.95. The van der Waals surface area contributed by atoms with Gasteiger partial charge < -0.3 is 9.72 Å². The molecule has 1 N–H and O–H groups in total. The lowest BCUT2D eigenvalue weighted by Crippen LogP contribution is -2.35. The van der Waals surface area contributed by atoms with E-state index in [1.807, 2.05) is 24.4 Å². The highest BCUT2D eigenvalue weighted by Crippen LogP contribution is 2.24. The van der Waals surface area contributed by atoms with Gasteiger partial charge in [0.2, 0.25) is 5.88 Å². The van der Waals surface area contributed by atoms with E-state index in [0.717, 1.165) is 54.7 Å². The maximum absolute atomic E-state index is 12.7. The molecule has 0 spiro atoms. The molecule has 3 aromatic heterocycles. The standard InChI is InChI=1S/C23H25N5O2/c29-23-19-15-28(12-9-20(19)26-22(27-23)17-7-10-24-11-8-17)14-16-5-6-21(25-13-16)30-18-3-1-2-4-18/h5-8,10-11,13,18H,1-4,9,12,14-15H2,(H,26,27,29). The highest BCUT2D eigenvalue weighted by atomic mass is 16.5. The van der Waals surface area contributed by atoms with Crippen LogP contribution in [0.4, 0.5) is 0 Å². The zero-order chi connectivity index (χ0) is 20.3. The third-order valence-corrected chi connectivity index (χ3v) is 5.89. The lowest BCUT2D eigenvalue weighted by Gasteiger charge is -2.27. The molecule has 154 valence electrons. The molecular weight excluding hydrogens is 378 g/mol. The van der Waals surface area contributed by atoms with E-state index in [-0.39, 0.29) is 5.56 Å². The van der Waals surface area contributed by atoms with Crippen molar-refractivity contribution < 1.29 is 4.74 Å². The highest BCUT2D eigenvalue weighted by Gasteiger charge is 2.22. The van der Waals surface area contributed by atoms with Gasteiger partial charge in [0.25, 0.3) is 5.56 Å². The average molecular weight is 403 g/mol. The molecule has 7 heteroatoms. The molecule has 0 radical (unpaired) electrons. The minimum Gasteiger partial charge on any atom is -0.474 e. The predicted octanol–water partition coefficient (Wildman–Crippen LogP) is 3.11. The van der Waals surface area contributed by atoms with Crippen LogP contribution in [0.2, 0.25) is 0 Å². The molecule has 30 heavy (non-hydrogen) atoms. The van der Waals surface area contributed by atoms with E-state index in [9.17, 15) is 4.79 Å². The van der Waals surface area contributed by atoms with Crippen LogP contribution in [-0.2, 0) is 19.5 Å². The van der Waals surface area contributed by atoms with Crippen LogP contribution < -0.4 is 10.3 Å². The van der Waals surface area contributed by atoms with Gasteiger partial charge in [0.05, 0.1) is 11.3 Å². The summed E-state index contributed by atoms with van der Waals surface area (Å²) in [5.41, 5.74) is 3.58. The number of aromatic amines is 1. The first-order valence-corrected chi connectivity index (χ1v) is 10.6. The highest BCUT2D eigenvalue weighted by molar-refractivity contribution is 5.54. The van der Waals surface area contributed by atoms with Crippen LogP contribution >= 0.6 is 0 Å². The molecule has 1 aliphatic carbocycles. The van der Waals surface area contributed by atoms with Crippen LogP contribution in [-0.4, -0.2) is 37.5 Å². The Morgan fingerprint density at radius 3 is 2.73 bits per heavy atom. The number of fused-ring (bicyclic) bond motifs is 1. The van der Waals surface area contributed by atoms with Crippen molar-refractivity contribution in [1.29, 1.82) is 0 Å². The van der Waals surface area contributed by atoms with Gasteiger partial charge in [-0.25, -0.2) is 9.97 Å². The molecule has 0 aromatic carbocycles. The third kappa shape index (κ3) is 4.11. The van der Waals surface area contributed by atoms with E-state index in [1.165, 1.54) is 12.8 Å². The molecule has 0 unspecified atom stereocenters. The summed E-state index contributed by atoms with van der Waals surface area (Å²) in [6.45, 7) is 2.20. The fraction of sp³-hybridized carbons (Fsp3) is 0.391. The fourth-order valence-corrected chi connectivity index (χ4v) is 4.27. The fourth-order valence-electron chi connectivity index (χ4n) is 4.27. The molecule has 2 aliphatic rings. The Morgan fingerprint density at radius 2 is 1.97 bits per heavy atom. The Bertz CT molecular complexity index is 1060. The zero-order valence-corrected chi connectivity index (χ0v) is 16.9. The number of hydrogen-bond donors (Lipinski definition) is 1. The van der Waals surface area contributed by atoms with Crippen molar-refractivity contribution in [1.82, 2.24) is 24.8 Å². The normalized spacial score (nSPS) is 17.1. The van der Waals surface area contributed by atoms with Crippen LogP contribution in [0.1, 0.15) is 42.5 Å². The zero-order valence-electron chi connectivity index (χ0n) is 16.9. The number of nitrogens with zero attached hydrogens (tertiary/aromatic N) is 4. The van der Waals surface area contributed by atoms with E-state index in [1.54, 1.807) is 12.4 Å². The molecule has 1 saturated carbocycles. The van der Waals surface area contributed by atoms with Crippen molar-refractivity contribution in [3.8, 4) is 17.3 Å². The lowest BCUT2D eigenvalue weighted by molar-refractivity contribution is 0.201. The summed E-state index contributed by atoms with van der Waals surface area (Å²) in [6.07, 6.45) is 11.1. The second-order valence-corrected chi connectivity index (χ2v) is 8.07. The molecule has 3 aromatic rings. The number of H-pyrrole nitrogens is 1. The average Bonchev–Trinajstić information content (AvgIpc) is 3.29. The first-order valence-electron chi connectivity index (χ1n) is 10.6. The van der Waals surface area contributed by atoms with Crippen molar-refractivity contribution >= 4 is 0 Å². The van der Waals surface area contributed by atoms with E-state index < -0.39 is 0 Å². The number of aromatic nitrogens is 4. The molecule has 0 saturated heterocycles. The lowest BCUT2D eigenvalue weighted by atomic mass is 10.1. The summed E-state index contributed by atoms with van der Waals surface area (Å²) >= 11 is 0. The van der Waals surface area contributed by atoms with Crippen molar-refractivity contribution in [3.05, 3.63) is 70.0 Å². The Hall–Kier alpha value is -3.06. The molecule has 4 heterocycles. The van der Waals surface area contributed by atoms with Gasteiger partial charge in [0.15, 0.2) is 0 Å². The van der Waals surface area contributed by atoms with Gasteiger partial charge in [-0.3, -0.25) is 14.7 Å². The van der Waals surface area contributed by atoms with Crippen molar-refractivity contribution in [2.45, 2.75) is 51.3 Å². The van der Waals surface area contributed by atoms with E-state index >= 15 is 0 Å². The smallest absolute Gasteiger partial charge is 0.255 e. The van der Waals surface area contributed by atoms with Crippen molar-refractivity contribution in [2.75, 3.05) is 6.54 Å². The second kappa shape index (κ2) is 8.36. The number of pyridine rings is 2. The quantitative estimate of drug-likeness (QED) is 0.705. The topological polar surface area (TPSA) is 84.0 Å². The van der Waals surface area contributed by atoms with Crippen LogP contribution in [0.25, 0.3) is 11.4 Å². The SMILES string of the molecule is O=c1[nH]c(-c2ccncc2)nc2c1CN(Cc1ccc(OC3CCCC3)nc1)CC2. The van der Waals surface area contributed by atoms with Crippen molar-refractivity contribution in [3.63, 3.8) is 0 Å². The van der Waals surface area contributed by atoms with Gasteiger partial charge in [-0.2, -0.15) is 0 Å². The van der Waals surface area contributed by atoms with Gasteiger partial charge in [0.1, 0.15) is 11.9 Å². The third-order valence-electron chi connectivity index (χ3n) is 5.89. The molecule has 1 fully saturated rings. The second-order valence-electron chi connectivity index (χ2n) is 8.07. The molecule has 0 bridgehead atoms. The maximum Gasteiger partial charge on any atom is 0.255 e. The first-order chi connectivity index (χ1) is 14.7. The monoisotopic (exact) mass is 403 g/mol. The van der Waals surface area contributed by atoms with Gasteiger partial charge in [-0.1, -0.05) is 6.07 Å². The van der Waals surface area contributed by atoms with Crippen LogP contribution in [0, 0.1) is 0 Å². The molecule has 0 amide bonds. The van der Waals surface area contributed by atoms with Gasteiger partial charge >= 0.3 is 0 Å². The summed E-state index contributed by atoms with van der Waals surface area (Å²) in [5, 5.41) is 0. The summed E-state index contributed by atoms with van der Waals surface area (Å²) in [5.74, 6) is 1.32. The number of hydrogen-bond acceptors (Lipinski definition) is 6. The van der Waals surface area contributed by atoms with E-state index in [4.69, 9.17) is 9.72 Å². The molecule has 0 atom stereocenters. The molecule has 1 aliphatic heterocycles. The minimum atomic E-state index is -0.0602. The minimum absolute atomic E-state index is 0.0602. The molecule has 7 nitrogen and oxygen atoms in total. The summed E-state index contributed by atoms with van der Waals surface area (Å²) in [4.78, 5) is 31.1. The van der Waals surface area contributed by atoms with E-state index in [2.05, 4.69) is 25.9 Å². The van der Waals surface area contributed by atoms with E-state index in [0.29, 0.717) is 24.4 Å². The number of nitrogens with one attached hydrogen (secondary N) is 1. The number of rotatable bonds is 5. The Kier molecular flexibility index (Phi) is 5.27. The summed E-state index contributed by atoms with van der Waals surface area (Å²) in [7, 11) is 0. The first kappa shape index (κ1) is 18.9. The van der Waals surface area contributed by atoms with Crippen LogP contribution in [0.3, 0.4) is 0 Å². The Labute approximate surface area is 175 Å². The van der Waals surface area contributed by atoms with Crippen LogP contribution in [0.15, 0.2) is 47.7 Å². The van der Waals surface area contributed by atoms with Gasteiger partial charge in [0, 0.05) is 56.3 Å².